The van der Waals surface area contributed by atoms with Crippen molar-refractivity contribution in [2.45, 2.75) is 45.4 Å². The Kier molecular flexibility index (Phi) is 6.81. The summed E-state index contributed by atoms with van der Waals surface area (Å²) >= 11 is 6.14. The van der Waals surface area contributed by atoms with Crippen LogP contribution in [0.4, 0.5) is 13.2 Å². The molecule has 26 heavy (non-hydrogen) atoms. The molecule has 1 aromatic carbocycles. The van der Waals surface area contributed by atoms with Crippen LogP contribution in [0.2, 0.25) is 5.02 Å². The molecule has 0 radical (unpaired) electrons. The van der Waals surface area contributed by atoms with Crippen LogP contribution in [0.25, 0.3) is 6.08 Å². The normalized spacial score (nSPS) is 16.4. The van der Waals surface area contributed by atoms with E-state index in [9.17, 15) is 18.0 Å². The Balaban J connectivity index is 2.43. The summed E-state index contributed by atoms with van der Waals surface area (Å²) in [5, 5.41) is 0.230. The van der Waals surface area contributed by atoms with Gasteiger partial charge in [0, 0.05) is 0 Å². The molecule has 0 spiro atoms. The van der Waals surface area contributed by atoms with E-state index in [0.717, 1.165) is 25.3 Å². The molecule has 2 rings (SSSR count). The Morgan fingerprint density at radius 1 is 1.27 bits per heavy atom. The number of hydrogen-bond donors (Lipinski definition) is 0. The summed E-state index contributed by atoms with van der Waals surface area (Å²) in [6.45, 7) is 3.85. The van der Waals surface area contributed by atoms with Gasteiger partial charge in [0.15, 0.2) is 0 Å². The standard InChI is InChI=1S/C18H20ClF3O4/c1-3-5-6-9-25-15-11-10-12(17(23)24-4-2)16(18(20,21)22)26-14(11)8-7-13(15)19/h7-8,10,16H,3-6,9H2,1-2H3. The minimum atomic E-state index is -4.77. The average molecular weight is 393 g/mol. The first kappa shape index (κ1) is 20.4. The number of unbranched alkanes of at least 4 members (excludes halogenated alkanes) is 2. The van der Waals surface area contributed by atoms with Crippen molar-refractivity contribution in [3.8, 4) is 11.5 Å². The van der Waals surface area contributed by atoms with E-state index in [1.54, 1.807) is 0 Å². The monoisotopic (exact) mass is 392 g/mol. The van der Waals surface area contributed by atoms with Gasteiger partial charge in [0.25, 0.3) is 0 Å². The summed E-state index contributed by atoms with van der Waals surface area (Å²) in [4.78, 5) is 12.0. The molecule has 8 heteroatoms. The first-order valence-corrected chi connectivity index (χ1v) is 8.74. The molecule has 1 heterocycles. The van der Waals surface area contributed by atoms with Crippen molar-refractivity contribution in [2.75, 3.05) is 13.2 Å². The zero-order valence-corrected chi connectivity index (χ0v) is 15.2. The van der Waals surface area contributed by atoms with Gasteiger partial charge in [0.1, 0.15) is 11.5 Å². The number of hydrogen-bond acceptors (Lipinski definition) is 4. The first-order chi connectivity index (χ1) is 12.3. The lowest BCUT2D eigenvalue weighted by Crippen LogP contribution is -2.40. The molecule has 1 aromatic rings. The number of carbonyl (C=O) groups excluding carboxylic acids is 1. The number of rotatable bonds is 7. The summed E-state index contributed by atoms with van der Waals surface area (Å²) in [6, 6.07) is 2.74. The van der Waals surface area contributed by atoms with Gasteiger partial charge in [-0.25, -0.2) is 4.79 Å². The van der Waals surface area contributed by atoms with Crippen LogP contribution in [-0.4, -0.2) is 31.5 Å². The zero-order valence-electron chi connectivity index (χ0n) is 14.5. The van der Waals surface area contributed by atoms with Gasteiger partial charge >= 0.3 is 12.1 Å². The van der Waals surface area contributed by atoms with E-state index in [4.69, 9.17) is 25.8 Å². The largest absolute Gasteiger partial charge is 0.491 e. The Morgan fingerprint density at radius 2 is 2.00 bits per heavy atom. The number of fused-ring (bicyclic) bond motifs is 1. The van der Waals surface area contributed by atoms with Gasteiger partial charge in [-0.05, 0) is 31.6 Å². The predicted molar refractivity (Wildman–Crippen MR) is 91.6 cm³/mol. The van der Waals surface area contributed by atoms with E-state index in [1.807, 2.05) is 6.92 Å². The molecule has 0 aliphatic carbocycles. The Morgan fingerprint density at radius 3 is 2.62 bits per heavy atom. The maximum Gasteiger partial charge on any atom is 0.430 e. The van der Waals surface area contributed by atoms with Gasteiger partial charge in [-0.1, -0.05) is 31.4 Å². The maximum atomic E-state index is 13.3. The van der Waals surface area contributed by atoms with E-state index >= 15 is 0 Å². The van der Waals surface area contributed by atoms with Gasteiger partial charge < -0.3 is 14.2 Å². The molecule has 0 saturated carbocycles. The fourth-order valence-corrected chi connectivity index (χ4v) is 2.73. The molecule has 144 valence electrons. The smallest absolute Gasteiger partial charge is 0.430 e. The predicted octanol–water partition coefficient (Wildman–Crippen LogP) is 5.18. The minimum absolute atomic E-state index is 0.0461. The molecule has 0 aromatic heterocycles. The second-order valence-electron chi connectivity index (χ2n) is 5.70. The highest BCUT2D eigenvalue weighted by Gasteiger charge is 2.49. The Labute approximate surface area is 154 Å². The third-order valence-electron chi connectivity index (χ3n) is 3.74. The molecule has 1 aliphatic heterocycles. The van der Waals surface area contributed by atoms with Gasteiger partial charge in [-0.2, -0.15) is 13.2 Å². The molecular weight excluding hydrogens is 373 g/mol. The van der Waals surface area contributed by atoms with E-state index in [1.165, 1.54) is 19.1 Å². The van der Waals surface area contributed by atoms with Gasteiger partial charge in [0.2, 0.25) is 6.10 Å². The highest BCUT2D eigenvalue weighted by molar-refractivity contribution is 6.32. The molecule has 0 fully saturated rings. The summed E-state index contributed by atoms with van der Waals surface area (Å²) in [5.74, 6) is -0.935. The third-order valence-corrected chi connectivity index (χ3v) is 4.04. The molecule has 4 nitrogen and oxygen atoms in total. The fraction of sp³-hybridized carbons (Fsp3) is 0.500. The highest BCUT2D eigenvalue weighted by atomic mass is 35.5. The van der Waals surface area contributed by atoms with Crippen LogP contribution in [0.5, 0.6) is 11.5 Å². The first-order valence-electron chi connectivity index (χ1n) is 8.37. The van der Waals surface area contributed by atoms with Crippen molar-refractivity contribution in [2.24, 2.45) is 0 Å². The van der Waals surface area contributed by atoms with E-state index < -0.39 is 23.8 Å². The van der Waals surface area contributed by atoms with E-state index in [2.05, 4.69) is 0 Å². The zero-order chi connectivity index (χ0) is 19.3. The molecular formula is C18H20ClF3O4. The number of benzene rings is 1. The van der Waals surface area contributed by atoms with Gasteiger partial charge in [-0.15, -0.1) is 0 Å². The highest BCUT2D eigenvalue weighted by Crippen LogP contribution is 2.44. The Hall–Kier alpha value is -1.89. The summed E-state index contributed by atoms with van der Waals surface area (Å²) < 4.78 is 55.4. The van der Waals surface area contributed by atoms with Crippen molar-refractivity contribution in [3.63, 3.8) is 0 Å². The molecule has 1 aliphatic rings. The van der Waals surface area contributed by atoms with Crippen LogP contribution < -0.4 is 9.47 Å². The number of halogens is 4. The lowest BCUT2D eigenvalue weighted by molar-refractivity contribution is -0.187. The second kappa shape index (κ2) is 8.66. The van der Waals surface area contributed by atoms with Gasteiger partial charge in [0.05, 0.1) is 29.4 Å². The number of carbonyl (C=O) groups is 1. The van der Waals surface area contributed by atoms with Crippen molar-refractivity contribution < 1.29 is 32.2 Å². The average Bonchev–Trinajstić information content (AvgIpc) is 2.58. The van der Waals surface area contributed by atoms with Crippen LogP contribution in [0.1, 0.15) is 38.7 Å². The summed E-state index contributed by atoms with van der Waals surface area (Å²) in [5.41, 5.74) is -0.426. The molecule has 0 saturated heterocycles. The van der Waals surface area contributed by atoms with Crippen molar-refractivity contribution >= 4 is 23.6 Å². The second-order valence-corrected chi connectivity index (χ2v) is 6.11. The number of alkyl halides is 3. The summed E-state index contributed by atoms with van der Waals surface area (Å²) in [7, 11) is 0. The van der Waals surface area contributed by atoms with E-state index in [-0.39, 0.29) is 28.7 Å². The topological polar surface area (TPSA) is 44.8 Å². The number of ether oxygens (including phenoxy) is 3. The third kappa shape index (κ3) is 4.63. The Bertz CT molecular complexity index is 686. The number of esters is 1. The minimum Gasteiger partial charge on any atom is -0.491 e. The fourth-order valence-electron chi connectivity index (χ4n) is 2.51. The van der Waals surface area contributed by atoms with Crippen molar-refractivity contribution in [1.82, 2.24) is 0 Å². The van der Waals surface area contributed by atoms with Gasteiger partial charge in [-0.3, -0.25) is 0 Å². The molecule has 1 atom stereocenters. The van der Waals surface area contributed by atoms with Crippen molar-refractivity contribution in [3.05, 3.63) is 28.3 Å². The van der Waals surface area contributed by atoms with Crippen LogP contribution in [0.15, 0.2) is 17.7 Å². The van der Waals surface area contributed by atoms with Crippen LogP contribution in [0.3, 0.4) is 0 Å². The van der Waals surface area contributed by atoms with Crippen LogP contribution >= 0.6 is 11.6 Å². The molecule has 0 amide bonds. The lowest BCUT2D eigenvalue weighted by atomic mass is 10.0. The molecule has 0 bridgehead atoms. The van der Waals surface area contributed by atoms with Crippen LogP contribution in [0, 0.1) is 0 Å². The lowest BCUT2D eigenvalue weighted by Gasteiger charge is -2.28. The summed E-state index contributed by atoms with van der Waals surface area (Å²) in [6.07, 6.45) is -3.36. The SMILES string of the molecule is CCCCCOc1c(Cl)ccc2c1C=C(C(=O)OCC)C(C(F)(F)F)O2. The molecule has 0 N–H and O–H groups in total. The van der Waals surface area contributed by atoms with Crippen LogP contribution in [-0.2, 0) is 9.53 Å². The maximum absolute atomic E-state index is 13.3. The van der Waals surface area contributed by atoms with E-state index in [0.29, 0.717) is 6.61 Å². The molecule has 1 unspecified atom stereocenters. The van der Waals surface area contributed by atoms with Crippen molar-refractivity contribution in [1.29, 1.82) is 0 Å². The quantitative estimate of drug-likeness (QED) is 0.474.